The summed E-state index contributed by atoms with van der Waals surface area (Å²) in [4.78, 5) is 0.137. The van der Waals surface area contributed by atoms with Gasteiger partial charge in [-0.1, -0.05) is 0 Å². The van der Waals surface area contributed by atoms with Crippen molar-refractivity contribution in [2.45, 2.75) is 24.3 Å². The van der Waals surface area contributed by atoms with E-state index < -0.39 is 25.9 Å². The molecule has 1 aliphatic rings. The Morgan fingerprint density at radius 3 is 2.38 bits per heavy atom. The molecule has 0 aromatic heterocycles. The first-order chi connectivity index (χ1) is 9.76. The molecule has 0 spiro atoms. The minimum absolute atomic E-state index is 0.0425. The SMILES string of the molecule is CCOc1ccc(S(=O)(=O)N(C)[C@H]2CCS(=O)(=O)C2)cc1. The number of sulfonamides is 1. The third-order valence-electron chi connectivity index (χ3n) is 3.53. The fourth-order valence-electron chi connectivity index (χ4n) is 2.30. The second kappa shape index (κ2) is 5.94. The maximum atomic E-state index is 12.5. The first kappa shape index (κ1) is 16.3. The molecular formula is C13H19NO5S2. The molecule has 0 bridgehead atoms. The molecule has 0 saturated carbocycles. The molecular weight excluding hydrogens is 314 g/mol. The molecule has 6 nitrogen and oxygen atoms in total. The zero-order valence-corrected chi connectivity index (χ0v) is 13.7. The van der Waals surface area contributed by atoms with Crippen molar-refractivity contribution in [2.24, 2.45) is 0 Å². The van der Waals surface area contributed by atoms with Crippen LogP contribution in [-0.4, -0.2) is 52.3 Å². The first-order valence-corrected chi connectivity index (χ1v) is 9.94. The highest BCUT2D eigenvalue weighted by Crippen LogP contribution is 2.24. The Hall–Kier alpha value is -1.12. The predicted molar refractivity (Wildman–Crippen MR) is 79.6 cm³/mol. The Morgan fingerprint density at radius 1 is 1.29 bits per heavy atom. The molecule has 0 N–H and O–H groups in total. The number of benzene rings is 1. The van der Waals surface area contributed by atoms with Crippen LogP contribution >= 0.6 is 0 Å². The topological polar surface area (TPSA) is 80.8 Å². The smallest absolute Gasteiger partial charge is 0.243 e. The third kappa shape index (κ3) is 3.56. The molecule has 1 saturated heterocycles. The van der Waals surface area contributed by atoms with Gasteiger partial charge in [0.1, 0.15) is 5.75 Å². The maximum absolute atomic E-state index is 12.5. The second-order valence-corrected chi connectivity index (χ2v) is 9.21. The van der Waals surface area contributed by atoms with E-state index in [9.17, 15) is 16.8 Å². The Bertz CT molecular complexity index is 695. The van der Waals surface area contributed by atoms with Crippen LogP contribution in [0.25, 0.3) is 0 Å². The van der Waals surface area contributed by atoms with Gasteiger partial charge < -0.3 is 4.74 Å². The third-order valence-corrected chi connectivity index (χ3v) is 7.21. The second-order valence-electron chi connectivity index (χ2n) is 4.98. The zero-order valence-electron chi connectivity index (χ0n) is 12.0. The molecule has 0 aliphatic carbocycles. The van der Waals surface area contributed by atoms with E-state index in [2.05, 4.69) is 0 Å². The van der Waals surface area contributed by atoms with Crippen molar-refractivity contribution in [3.05, 3.63) is 24.3 Å². The van der Waals surface area contributed by atoms with Crippen molar-refractivity contribution in [3.8, 4) is 5.75 Å². The lowest BCUT2D eigenvalue weighted by Crippen LogP contribution is -2.37. The van der Waals surface area contributed by atoms with Crippen LogP contribution in [0.2, 0.25) is 0 Å². The van der Waals surface area contributed by atoms with Crippen LogP contribution < -0.4 is 4.74 Å². The number of sulfone groups is 1. The summed E-state index contributed by atoms with van der Waals surface area (Å²) in [6.45, 7) is 2.35. The summed E-state index contributed by atoms with van der Waals surface area (Å²) in [6, 6.07) is 5.64. The van der Waals surface area contributed by atoms with Gasteiger partial charge in [-0.05, 0) is 37.6 Å². The molecule has 8 heteroatoms. The normalized spacial score (nSPS) is 21.6. The van der Waals surface area contributed by atoms with Gasteiger partial charge in [0.25, 0.3) is 0 Å². The number of hydrogen-bond donors (Lipinski definition) is 0. The average Bonchev–Trinajstić information content (AvgIpc) is 2.79. The van der Waals surface area contributed by atoms with Crippen LogP contribution in [0, 0.1) is 0 Å². The fraction of sp³-hybridized carbons (Fsp3) is 0.538. The summed E-state index contributed by atoms with van der Waals surface area (Å²) < 4.78 is 54.4. The largest absolute Gasteiger partial charge is 0.494 e. The van der Waals surface area contributed by atoms with Crippen molar-refractivity contribution >= 4 is 19.9 Å². The number of hydrogen-bond acceptors (Lipinski definition) is 5. The van der Waals surface area contributed by atoms with E-state index in [-0.39, 0.29) is 16.4 Å². The van der Waals surface area contributed by atoms with Gasteiger partial charge in [-0.3, -0.25) is 0 Å². The number of ether oxygens (including phenoxy) is 1. The molecule has 0 radical (unpaired) electrons. The molecule has 1 fully saturated rings. The number of nitrogens with zero attached hydrogens (tertiary/aromatic N) is 1. The van der Waals surface area contributed by atoms with Gasteiger partial charge in [0.2, 0.25) is 10.0 Å². The van der Waals surface area contributed by atoms with Gasteiger partial charge in [-0.15, -0.1) is 0 Å². The van der Waals surface area contributed by atoms with E-state index >= 15 is 0 Å². The predicted octanol–water partition coefficient (Wildman–Crippen LogP) is 0.893. The van der Waals surface area contributed by atoms with Gasteiger partial charge in [0.05, 0.1) is 23.0 Å². The Labute approximate surface area is 125 Å². The van der Waals surface area contributed by atoms with Crippen molar-refractivity contribution in [3.63, 3.8) is 0 Å². The van der Waals surface area contributed by atoms with E-state index in [1.807, 2.05) is 6.92 Å². The van der Waals surface area contributed by atoms with Crippen LogP contribution in [0.3, 0.4) is 0 Å². The molecule has 1 aliphatic heterocycles. The molecule has 0 amide bonds. The summed E-state index contributed by atoms with van der Waals surface area (Å²) in [6.07, 6.45) is 0.342. The van der Waals surface area contributed by atoms with E-state index in [0.717, 1.165) is 4.31 Å². The summed E-state index contributed by atoms with van der Waals surface area (Å²) in [5.41, 5.74) is 0. The summed E-state index contributed by atoms with van der Waals surface area (Å²) >= 11 is 0. The zero-order chi connectivity index (χ0) is 15.7. The highest BCUT2D eigenvalue weighted by Gasteiger charge is 2.36. The molecule has 2 rings (SSSR count). The van der Waals surface area contributed by atoms with Gasteiger partial charge in [0, 0.05) is 13.1 Å². The summed E-state index contributed by atoms with van der Waals surface area (Å²) in [7, 11) is -5.39. The van der Waals surface area contributed by atoms with E-state index in [1.165, 1.54) is 19.2 Å². The Morgan fingerprint density at radius 2 is 1.90 bits per heavy atom. The minimum atomic E-state index is -3.69. The highest BCUT2D eigenvalue weighted by molar-refractivity contribution is 7.92. The molecule has 1 heterocycles. The molecule has 1 atom stereocenters. The van der Waals surface area contributed by atoms with Crippen LogP contribution in [0.1, 0.15) is 13.3 Å². The lowest BCUT2D eigenvalue weighted by Gasteiger charge is -2.22. The monoisotopic (exact) mass is 333 g/mol. The lowest BCUT2D eigenvalue weighted by atomic mass is 10.3. The molecule has 1 aromatic rings. The minimum Gasteiger partial charge on any atom is -0.494 e. The van der Waals surface area contributed by atoms with Gasteiger partial charge in [-0.25, -0.2) is 16.8 Å². The molecule has 118 valence electrons. The van der Waals surface area contributed by atoms with Crippen LogP contribution in [0.15, 0.2) is 29.2 Å². The Balaban J connectivity index is 2.21. The lowest BCUT2D eigenvalue weighted by molar-refractivity contribution is 0.340. The standard InChI is InChI=1S/C13H19NO5S2/c1-3-19-12-4-6-13(7-5-12)21(17,18)14(2)11-8-9-20(15,16)10-11/h4-7,11H,3,8-10H2,1-2H3/t11-/m0/s1. The highest BCUT2D eigenvalue weighted by atomic mass is 32.2. The summed E-state index contributed by atoms with van der Waals surface area (Å²) in [5.74, 6) is 0.531. The van der Waals surface area contributed by atoms with Crippen molar-refractivity contribution in [1.82, 2.24) is 4.31 Å². The fourth-order valence-corrected chi connectivity index (χ4v) is 5.55. The maximum Gasteiger partial charge on any atom is 0.243 e. The van der Waals surface area contributed by atoms with E-state index in [0.29, 0.717) is 18.8 Å². The van der Waals surface area contributed by atoms with E-state index in [4.69, 9.17) is 4.74 Å². The van der Waals surface area contributed by atoms with Crippen LogP contribution in [0.4, 0.5) is 0 Å². The number of rotatable bonds is 5. The molecule has 1 aromatic carbocycles. The van der Waals surface area contributed by atoms with Crippen LogP contribution in [-0.2, 0) is 19.9 Å². The van der Waals surface area contributed by atoms with Gasteiger partial charge in [0.15, 0.2) is 9.84 Å². The van der Waals surface area contributed by atoms with Gasteiger partial charge in [-0.2, -0.15) is 4.31 Å². The molecule has 0 unspecified atom stereocenters. The molecule has 21 heavy (non-hydrogen) atoms. The van der Waals surface area contributed by atoms with E-state index in [1.54, 1.807) is 12.1 Å². The quantitative estimate of drug-likeness (QED) is 0.799. The Kier molecular flexibility index (Phi) is 4.60. The average molecular weight is 333 g/mol. The van der Waals surface area contributed by atoms with Crippen LogP contribution in [0.5, 0.6) is 5.75 Å². The first-order valence-electron chi connectivity index (χ1n) is 6.67. The van der Waals surface area contributed by atoms with Crippen molar-refractivity contribution < 1.29 is 21.6 Å². The summed E-state index contributed by atoms with van der Waals surface area (Å²) in [5, 5.41) is 0. The van der Waals surface area contributed by atoms with Gasteiger partial charge >= 0.3 is 0 Å². The van der Waals surface area contributed by atoms with Crippen molar-refractivity contribution in [2.75, 3.05) is 25.2 Å². The van der Waals surface area contributed by atoms with Crippen molar-refractivity contribution in [1.29, 1.82) is 0 Å².